The van der Waals surface area contributed by atoms with Crippen LogP contribution >= 0.6 is 0 Å². The summed E-state index contributed by atoms with van der Waals surface area (Å²) in [6.45, 7) is 3.07. The minimum absolute atomic E-state index is 0.0539. The molecule has 0 unspecified atom stereocenters. The Morgan fingerprint density at radius 1 is 1.21 bits per heavy atom. The van der Waals surface area contributed by atoms with Crippen molar-refractivity contribution in [2.75, 3.05) is 26.3 Å². The second-order valence-electron chi connectivity index (χ2n) is 5.31. The highest BCUT2D eigenvalue weighted by Gasteiger charge is 2.53. The molecule has 5 heteroatoms. The van der Waals surface area contributed by atoms with Crippen LogP contribution in [0.2, 0.25) is 0 Å². The summed E-state index contributed by atoms with van der Waals surface area (Å²) in [6.07, 6.45) is 0. The smallest absolute Gasteiger partial charge is 0.255 e. The summed E-state index contributed by atoms with van der Waals surface area (Å²) in [4.78, 5) is 12.3. The van der Waals surface area contributed by atoms with Crippen LogP contribution in [0.1, 0.15) is 10.4 Å². The maximum absolute atomic E-state index is 12.3. The summed E-state index contributed by atoms with van der Waals surface area (Å²) in [5.41, 5.74) is 0.579. The van der Waals surface area contributed by atoms with Gasteiger partial charge in [0.05, 0.1) is 5.56 Å². The molecule has 2 fully saturated rings. The quantitative estimate of drug-likeness (QED) is 0.808. The Morgan fingerprint density at radius 3 is 2.84 bits per heavy atom. The lowest BCUT2D eigenvalue weighted by Crippen LogP contribution is -2.33. The SMILES string of the molecule is O=C(NC1[C@@H]2CNC[C@@H]12)c1cccc2c1OCCO2. The fraction of sp³-hybridized carbons (Fsp3) is 0.500. The minimum atomic E-state index is -0.0539. The van der Waals surface area contributed by atoms with Crippen LogP contribution in [0.5, 0.6) is 11.5 Å². The van der Waals surface area contributed by atoms with Crippen molar-refractivity contribution in [3.63, 3.8) is 0 Å². The van der Waals surface area contributed by atoms with Crippen molar-refractivity contribution >= 4 is 5.91 Å². The summed E-state index contributed by atoms with van der Waals surface area (Å²) in [6, 6.07) is 5.78. The van der Waals surface area contributed by atoms with Crippen molar-refractivity contribution in [3.05, 3.63) is 23.8 Å². The van der Waals surface area contributed by atoms with Gasteiger partial charge in [-0.15, -0.1) is 0 Å². The number of hydrogen-bond donors (Lipinski definition) is 2. The van der Waals surface area contributed by atoms with E-state index < -0.39 is 0 Å². The van der Waals surface area contributed by atoms with Crippen LogP contribution in [-0.4, -0.2) is 38.3 Å². The molecule has 0 spiro atoms. The van der Waals surface area contributed by atoms with Crippen molar-refractivity contribution < 1.29 is 14.3 Å². The van der Waals surface area contributed by atoms with Gasteiger partial charge in [0.2, 0.25) is 0 Å². The molecule has 1 aliphatic carbocycles. The summed E-state index contributed by atoms with van der Waals surface area (Å²) >= 11 is 0. The number of piperidine rings is 1. The molecule has 2 aliphatic heterocycles. The van der Waals surface area contributed by atoms with Crippen LogP contribution in [0.25, 0.3) is 0 Å². The van der Waals surface area contributed by atoms with Gasteiger partial charge >= 0.3 is 0 Å². The Hall–Kier alpha value is -1.75. The van der Waals surface area contributed by atoms with Gasteiger partial charge in [-0.1, -0.05) is 6.07 Å². The van der Waals surface area contributed by atoms with Gasteiger partial charge in [0.1, 0.15) is 13.2 Å². The molecule has 2 heterocycles. The molecule has 1 aromatic carbocycles. The molecule has 0 aromatic heterocycles. The predicted octanol–water partition coefficient (Wildman–Crippen LogP) is 0.405. The number of fused-ring (bicyclic) bond motifs is 2. The summed E-state index contributed by atoms with van der Waals surface area (Å²) in [7, 11) is 0. The molecule has 2 atom stereocenters. The zero-order valence-corrected chi connectivity index (χ0v) is 10.5. The summed E-state index contributed by atoms with van der Waals surface area (Å²) in [5, 5.41) is 6.43. The number of carbonyl (C=O) groups is 1. The molecule has 5 nitrogen and oxygen atoms in total. The zero-order chi connectivity index (χ0) is 12.8. The van der Waals surface area contributed by atoms with E-state index in [-0.39, 0.29) is 5.91 Å². The molecule has 100 valence electrons. The van der Waals surface area contributed by atoms with E-state index in [0.29, 0.717) is 48.2 Å². The Labute approximate surface area is 111 Å². The zero-order valence-electron chi connectivity index (χ0n) is 10.5. The van der Waals surface area contributed by atoms with E-state index in [1.807, 2.05) is 12.1 Å². The molecule has 1 amide bonds. The second-order valence-corrected chi connectivity index (χ2v) is 5.31. The normalized spacial score (nSPS) is 30.6. The highest BCUT2D eigenvalue weighted by Crippen LogP contribution is 2.42. The highest BCUT2D eigenvalue weighted by molar-refractivity contribution is 5.98. The van der Waals surface area contributed by atoms with E-state index in [2.05, 4.69) is 10.6 Å². The van der Waals surface area contributed by atoms with Gasteiger partial charge in [-0.2, -0.15) is 0 Å². The first-order valence-electron chi connectivity index (χ1n) is 6.75. The Kier molecular flexibility index (Phi) is 2.41. The van der Waals surface area contributed by atoms with Crippen molar-refractivity contribution in [3.8, 4) is 11.5 Å². The van der Waals surface area contributed by atoms with E-state index in [0.717, 1.165) is 13.1 Å². The van der Waals surface area contributed by atoms with Crippen molar-refractivity contribution in [1.82, 2.24) is 10.6 Å². The molecular formula is C14H16N2O3. The Bertz CT molecular complexity index is 521. The number of para-hydroxylation sites is 1. The average molecular weight is 260 g/mol. The van der Waals surface area contributed by atoms with Crippen LogP contribution in [-0.2, 0) is 0 Å². The lowest BCUT2D eigenvalue weighted by molar-refractivity contribution is 0.0935. The minimum Gasteiger partial charge on any atom is -0.486 e. The average Bonchev–Trinajstić information content (AvgIpc) is 2.88. The number of carbonyl (C=O) groups excluding carboxylic acids is 1. The van der Waals surface area contributed by atoms with Gasteiger partial charge < -0.3 is 20.1 Å². The third-order valence-electron chi connectivity index (χ3n) is 4.20. The molecule has 19 heavy (non-hydrogen) atoms. The molecule has 1 aromatic rings. The molecule has 0 bridgehead atoms. The van der Waals surface area contributed by atoms with Crippen LogP contribution in [0.3, 0.4) is 0 Å². The largest absolute Gasteiger partial charge is 0.486 e. The van der Waals surface area contributed by atoms with Crippen molar-refractivity contribution in [2.45, 2.75) is 6.04 Å². The van der Waals surface area contributed by atoms with Crippen LogP contribution in [0.4, 0.5) is 0 Å². The third-order valence-corrected chi connectivity index (χ3v) is 4.20. The summed E-state index contributed by atoms with van der Waals surface area (Å²) < 4.78 is 11.1. The van der Waals surface area contributed by atoms with E-state index >= 15 is 0 Å². The first kappa shape index (κ1) is 11.1. The fourth-order valence-corrected chi connectivity index (χ4v) is 3.11. The van der Waals surface area contributed by atoms with E-state index in [4.69, 9.17) is 9.47 Å². The monoisotopic (exact) mass is 260 g/mol. The number of benzene rings is 1. The van der Waals surface area contributed by atoms with Gasteiger partial charge in [0.25, 0.3) is 5.91 Å². The number of hydrogen-bond acceptors (Lipinski definition) is 4. The molecule has 1 saturated heterocycles. The first-order valence-corrected chi connectivity index (χ1v) is 6.75. The predicted molar refractivity (Wildman–Crippen MR) is 68.5 cm³/mol. The van der Waals surface area contributed by atoms with Gasteiger partial charge in [-0.05, 0) is 24.0 Å². The molecule has 0 radical (unpaired) electrons. The standard InChI is InChI=1S/C14H16N2O3/c17-14(16-12-9-6-15-7-10(9)12)8-2-1-3-11-13(8)19-5-4-18-11/h1-3,9-10,12,15H,4-7H2,(H,16,17)/t9-,10-/m1/s1. The fourth-order valence-electron chi connectivity index (χ4n) is 3.11. The van der Waals surface area contributed by atoms with Gasteiger partial charge in [-0.3, -0.25) is 4.79 Å². The maximum Gasteiger partial charge on any atom is 0.255 e. The highest BCUT2D eigenvalue weighted by atomic mass is 16.6. The number of ether oxygens (including phenoxy) is 2. The lowest BCUT2D eigenvalue weighted by atomic mass is 10.1. The van der Waals surface area contributed by atoms with Crippen LogP contribution in [0.15, 0.2) is 18.2 Å². The second kappa shape index (κ2) is 4.13. The van der Waals surface area contributed by atoms with Crippen LogP contribution in [0, 0.1) is 11.8 Å². The molecule has 4 rings (SSSR count). The van der Waals surface area contributed by atoms with Crippen molar-refractivity contribution in [2.24, 2.45) is 11.8 Å². The molecular weight excluding hydrogens is 244 g/mol. The van der Waals surface area contributed by atoms with E-state index in [1.54, 1.807) is 6.07 Å². The number of nitrogens with one attached hydrogen (secondary N) is 2. The van der Waals surface area contributed by atoms with Gasteiger partial charge in [0.15, 0.2) is 11.5 Å². The van der Waals surface area contributed by atoms with Gasteiger partial charge in [-0.25, -0.2) is 0 Å². The topological polar surface area (TPSA) is 59.6 Å². The number of rotatable bonds is 2. The Balaban J connectivity index is 1.54. The van der Waals surface area contributed by atoms with Crippen LogP contribution < -0.4 is 20.1 Å². The first-order chi connectivity index (χ1) is 9.34. The summed E-state index contributed by atoms with van der Waals surface area (Å²) in [5.74, 6) is 2.41. The Morgan fingerprint density at radius 2 is 2.00 bits per heavy atom. The van der Waals surface area contributed by atoms with E-state index in [9.17, 15) is 4.79 Å². The molecule has 3 aliphatic rings. The van der Waals surface area contributed by atoms with Gasteiger partial charge in [0, 0.05) is 19.1 Å². The number of amides is 1. The van der Waals surface area contributed by atoms with E-state index in [1.165, 1.54) is 0 Å². The van der Waals surface area contributed by atoms with Crippen molar-refractivity contribution in [1.29, 1.82) is 0 Å². The molecule has 2 N–H and O–H groups in total. The maximum atomic E-state index is 12.3. The lowest BCUT2D eigenvalue weighted by Gasteiger charge is -2.20. The molecule has 1 saturated carbocycles. The third kappa shape index (κ3) is 1.76.